The van der Waals surface area contributed by atoms with Crippen molar-refractivity contribution in [2.75, 3.05) is 17.7 Å². The quantitative estimate of drug-likeness (QED) is 0.248. The summed E-state index contributed by atoms with van der Waals surface area (Å²) in [6.45, 7) is 3.86. The van der Waals surface area contributed by atoms with Crippen molar-refractivity contribution in [2.45, 2.75) is 51.6 Å². The van der Waals surface area contributed by atoms with Gasteiger partial charge in [0, 0.05) is 17.3 Å². The van der Waals surface area contributed by atoms with Gasteiger partial charge in [-0.2, -0.15) is 4.37 Å². The monoisotopic (exact) mass is 572 g/mol. The van der Waals surface area contributed by atoms with Gasteiger partial charge in [-0.05, 0) is 97.4 Å². The molecule has 9 heteroatoms. The Morgan fingerprint density at radius 1 is 1.05 bits per heavy atom. The van der Waals surface area contributed by atoms with Crippen molar-refractivity contribution >= 4 is 34.7 Å². The Hall–Kier alpha value is -4.24. The van der Waals surface area contributed by atoms with Gasteiger partial charge < -0.3 is 15.8 Å². The van der Waals surface area contributed by atoms with E-state index in [2.05, 4.69) is 9.69 Å². The molecule has 7 nitrogen and oxygen atoms in total. The molecule has 0 radical (unpaired) electrons. The van der Waals surface area contributed by atoms with E-state index in [0.717, 1.165) is 48.3 Å². The highest BCUT2D eigenvalue weighted by Gasteiger charge is 2.37. The number of anilines is 2. The predicted molar refractivity (Wildman–Crippen MR) is 161 cm³/mol. The van der Waals surface area contributed by atoms with Crippen LogP contribution in [-0.2, 0) is 4.79 Å². The molecule has 1 heterocycles. The van der Waals surface area contributed by atoms with E-state index < -0.39 is 11.9 Å². The van der Waals surface area contributed by atoms with Gasteiger partial charge in [0.05, 0.1) is 12.8 Å². The number of amides is 2. The van der Waals surface area contributed by atoms with Crippen LogP contribution in [0.2, 0.25) is 0 Å². The average Bonchev–Trinajstić information content (AvgIpc) is 3.63. The fraction of sp³-hybridized carbons (Fsp3) is 0.281. The molecule has 1 fully saturated rings. The number of nitrogen functional groups attached to an aromatic ring is 1. The van der Waals surface area contributed by atoms with Crippen LogP contribution in [-0.4, -0.2) is 29.3 Å². The average molecular weight is 573 g/mol. The van der Waals surface area contributed by atoms with Crippen LogP contribution in [0.15, 0.2) is 66.7 Å². The molecule has 0 spiro atoms. The van der Waals surface area contributed by atoms with Crippen molar-refractivity contribution < 1.29 is 18.7 Å². The summed E-state index contributed by atoms with van der Waals surface area (Å²) in [4.78, 5) is 30.4. The fourth-order valence-corrected chi connectivity index (χ4v) is 6.03. The summed E-state index contributed by atoms with van der Waals surface area (Å²) < 4.78 is 23.4. The number of nitrogens with two attached hydrogens (primary N) is 1. The van der Waals surface area contributed by atoms with Gasteiger partial charge in [0.1, 0.15) is 28.2 Å². The number of benzene rings is 3. The third kappa shape index (κ3) is 5.95. The highest BCUT2D eigenvalue weighted by molar-refractivity contribution is 7.09. The third-order valence-electron chi connectivity index (χ3n) is 7.52. The molecular formula is C32H33FN4O3S. The van der Waals surface area contributed by atoms with E-state index in [1.54, 1.807) is 31.4 Å². The number of carbonyl (C=O) groups excluding carboxylic acids is 2. The van der Waals surface area contributed by atoms with Crippen LogP contribution in [0.4, 0.5) is 15.8 Å². The second-order valence-corrected chi connectivity index (χ2v) is 11.2. The van der Waals surface area contributed by atoms with E-state index in [0.29, 0.717) is 28.3 Å². The highest BCUT2D eigenvalue weighted by Crippen LogP contribution is 2.38. The lowest BCUT2D eigenvalue weighted by atomic mass is 9.99. The van der Waals surface area contributed by atoms with Crippen LogP contribution in [0.5, 0.6) is 5.75 Å². The van der Waals surface area contributed by atoms with Crippen molar-refractivity contribution in [1.82, 2.24) is 9.69 Å². The summed E-state index contributed by atoms with van der Waals surface area (Å²) in [5.74, 6) is -0.442. The SMILES string of the molecule is COc1ccc([C@H](C(=O)NC2CCCC2)N(C(=O)c2snc(-c3ccc(F)cc3)c2N)c2cc(C)ccc2C)cc1. The Labute approximate surface area is 243 Å². The van der Waals surface area contributed by atoms with Gasteiger partial charge >= 0.3 is 0 Å². The van der Waals surface area contributed by atoms with Crippen LogP contribution >= 0.6 is 11.5 Å². The third-order valence-corrected chi connectivity index (χ3v) is 8.37. The number of hydrogen-bond acceptors (Lipinski definition) is 6. The topological polar surface area (TPSA) is 97.5 Å². The minimum absolute atomic E-state index is 0.0531. The number of aromatic nitrogens is 1. The first-order chi connectivity index (χ1) is 19.8. The van der Waals surface area contributed by atoms with Crippen LogP contribution < -0.4 is 20.7 Å². The molecule has 3 N–H and O–H groups in total. The second kappa shape index (κ2) is 12.1. The van der Waals surface area contributed by atoms with Crippen molar-refractivity contribution in [1.29, 1.82) is 0 Å². The van der Waals surface area contributed by atoms with E-state index in [9.17, 15) is 14.0 Å². The van der Waals surface area contributed by atoms with Crippen LogP contribution in [0.1, 0.15) is 58.1 Å². The normalized spacial score (nSPS) is 14.0. The largest absolute Gasteiger partial charge is 0.497 e. The summed E-state index contributed by atoms with van der Waals surface area (Å²) in [7, 11) is 1.58. The maximum absolute atomic E-state index is 14.6. The minimum Gasteiger partial charge on any atom is -0.497 e. The van der Waals surface area contributed by atoms with Crippen LogP contribution in [0.3, 0.4) is 0 Å². The fourth-order valence-electron chi connectivity index (χ4n) is 5.28. The maximum Gasteiger partial charge on any atom is 0.273 e. The zero-order valence-corrected chi connectivity index (χ0v) is 24.1. The first-order valence-corrected chi connectivity index (χ1v) is 14.4. The highest BCUT2D eigenvalue weighted by atomic mass is 32.1. The Balaban J connectivity index is 1.65. The number of aryl methyl sites for hydroxylation is 2. The molecule has 0 aliphatic heterocycles. The molecule has 4 aromatic rings. The number of halogens is 1. The Morgan fingerprint density at radius 3 is 2.39 bits per heavy atom. The number of ether oxygens (including phenoxy) is 1. The molecule has 212 valence electrons. The molecule has 1 atom stereocenters. The molecule has 1 aromatic heterocycles. The zero-order chi connectivity index (χ0) is 29.1. The summed E-state index contributed by atoms with van der Waals surface area (Å²) in [5, 5.41) is 3.20. The van der Waals surface area contributed by atoms with Crippen LogP contribution in [0, 0.1) is 19.7 Å². The molecule has 0 unspecified atom stereocenters. The van der Waals surface area contributed by atoms with E-state index in [-0.39, 0.29) is 28.3 Å². The molecule has 0 bridgehead atoms. The number of rotatable bonds is 8. The van der Waals surface area contributed by atoms with Crippen molar-refractivity contribution in [3.8, 4) is 17.0 Å². The molecular weight excluding hydrogens is 539 g/mol. The van der Waals surface area contributed by atoms with Gasteiger partial charge in [0.2, 0.25) is 5.91 Å². The zero-order valence-electron chi connectivity index (χ0n) is 23.3. The summed E-state index contributed by atoms with van der Waals surface area (Å²) in [5.41, 5.74) is 10.7. The Morgan fingerprint density at radius 2 is 1.73 bits per heavy atom. The van der Waals surface area contributed by atoms with Crippen molar-refractivity contribution in [3.05, 3.63) is 94.1 Å². The lowest BCUT2D eigenvalue weighted by molar-refractivity contribution is -0.123. The van der Waals surface area contributed by atoms with Gasteiger partial charge in [0.15, 0.2) is 0 Å². The van der Waals surface area contributed by atoms with Crippen molar-refractivity contribution in [2.24, 2.45) is 0 Å². The molecule has 5 rings (SSSR count). The summed E-state index contributed by atoms with van der Waals surface area (Å²) >= 11 is 0.968. The Kier molecular flexibility index (Phi) is 8.35. The number of hydrogen-bond donors (Lipinski definition) is 2. The standard InChI is InChI=1S/C32H33FN4O3S/c1-19-8-9-20(2)26(18-19)37(32(39)30-27(34)28(36-41-30)21-10-14-23(33)15-11-21)29(22-12-16-25(40-3)17-13-22)31(38)35-24-6-4-5-7-24/h8-18,24,29H,4-7,34H2,1-3H3,(H,35,38)/t29-/m1/s1. The van der Waals surface area contributed by atoms with Gasteiger partial charge in [-0.25, -0.2) is 4.39 Å². The van der Waals surface area contributed by atoms with E-state index in [1.165, 1.54) is 17.0 Å². The van der Waals surface area contributed by atoms with Gasteiger partial charge in [-0.1, -0.05) is 37.1 Å². The lowest BCUT2D eigenvalue weighted by Crippen LogP contribution is -2.46. The Bertz CT molecular complexity index is 1550. The summed E-state index contributed by atoms with van der Waals surface area (Å²) in [6.07, 6.45) is 3.92. The number of nitrogens with zero attached hydrogens (tertiary/aromatic N) is 2. The number of methoxy groups -OCH3 is 1. The number of nitrogens with one attached hydrogen (secondary N) is 1. The second-order valence-electron chi connectivity index (χ2n) is 10.4. The molecule has 1 aliphatic rings. The van der Waals surface area contributed by atoms with Crippen LogP contribution in [0.25, 0.3) is 11.3 Å². The maximum atomic E-state index is 14.6. The smallest absolute Gasteiger partial charge is 0.273 e. The molecule has 1 aliphatic carbocycles. The van der Waals surface area contributed by atoms with E-state index >= 15 is 0 Å². The number of carbonyl (C=O) groups is 2. The molecule has 1 saturated carbocycles. The summed E-state index contributed by atoms with van der Waals surface area (Å²) in [6, 6.07) is 17.9. The minimum atomic E-state index is -0.981. The molecule has 2 amide bonds. The van der Waals surface area contributed by atoms with Crippen molar-refractivity contribution in [3.63, 3.8) is 0 Å². The van der Waals surface area contributed by atoms with Gasteiger partial charge in [-0.15, -0.1) is 0 Å². The van der Waals surface area contributed by atoms with E-state index in [1.807, 2.05) is 44.2 Å². The molecule has 0 saturated heterocycles. The first kappa shape index (κ1) is 28.3. The van der Waals surface area contributed by atoms with Gasteiger partial charge in [0.25, 0.3) is 5.91 Å². The predicted octanol–water partition coefficient (Wildman–Crippen LogP) is 6.60. The van der Waals surface area contributed by atoms with E-state index in [4.69, 9.17) is 10.5 Å². The first-order valence-electron chi connectivity index (χ1n) is 13.6. The molecule has 41 heavy (non-hydrogen) atoms. The lowest BCUT2D eigenvalue weighted by Gasteiger charge is -2.33. The molecule has 3 aromatic carbocycles. The van der Waals surface area contributed by atoms with Gasteiger partial charge in [-0.3, -0.25) is 14.5 Å².